The second-order valence-corrected chi connectivity index (χ2v) is 33.3. The minimum atomic E-state index is -0.244. The van der Waals surface area contributed by atoms with Gasteiger partial charge in [-0.15, -0.1) is 0 Å². The zero-order valence-corrected chi connectivity index (χ0v) is 70.9. The number of carbonyl (C=O) groups is 3. The Bertz CT molecular complexity index is 5480. The van der Waals surface area contributed by atoms with Crippen LogP contribution < -0.4 is 43.6 Å². The first-order chi connectivity index (χ1) is 60.1. The fourth-order valence-electron chi connectivity index (χ4n) is 19.1. The second kappa shape index (κ2) is 38.7. The van der Waals surface area contributed by atoms with Crippen molar-refractivity contribution in [3.05, 3.63) is 193 Å². The molecule has 6 atom stereocenters. The van der Waals surface area contributed by atoms with Crippen LogP contribution >= 0.6 is 0 Å². The van der Waals surface area contributed by atoms with E-state index < -0.39 is 0 Å². The van der Waals surface area contributed by atoms with E-state index >= 15 is 0 Å². The van der Waals surface area contributed by atoms with Gasteiger partial charge in [-0.25, -0.2) is 0 Å². The Balaban J connectivity index is 0.000000137. The SMILES string of the molecule is C=CC(=O)N1CCN(c2nc(OC[C@@H]3CCCN3C)nc3c2CCN(c2cccc4cccn24)C3)C[C@@H]1CC#N.C=CC(=O)N1CCN(c2nc(OC[C@H]3CCCN3C)nc3c2CCN(c2cccc4ccccc24)C3)C[C@@H]1CC#N.C=CC(=O)N1CCN(c2nc(OC[C@H]3CN(C)CCO3)nc3c2CCN(c2cccc4ccccc24)C3)CC1CC#N. The third-order valence-electron chi connectivity index (χ3n) is 25.7. The summed E-state index contributed by atoms with van der Waals surface area (Å²) in [5.41, 5.74) is 9.80. The Labute approximate surface area is 719 Å². The summed E-state index contributed by atoms with van der Waals surface area (Å²) in [5.74, 6) is 3.29. The highest BCUT2D eigenvalue weighted by molar-refractivity contribution is 5.96. The maximum atomic E-state index is 12.5. The standard InChI is InChI=1S/C32H37N7O3.C32H37N7O2.C30H36N8O2/c1-3-30(40)39-16-15-38(19-24(39)11-13-33)31-27-12-14-37(29-10-6-8-23-7-4-5-9-26(23)29)21-28(27)34-32(35-31)42-22-25-20-36(2)17-18-41-25;1-3-30(40)39-19-18-38(20-24(39)13-15-33)31-27-14-17-37(29-12-6-9-23-8-4-5-11-26(23)29)21-28(27)34-32(35-31)41-22-25-10-7-16-36(25)2;1-3-28(39)38-18-17-36(19-23(38)11-13-31)29-25-12-16-35(27-10-4-7-22-8-6-15-37(22)27)20-26(25)32-30(33-29)40-21-24-9-5-14-34(24)2/h3-10,24-25H,1,11-12,14-22H2,2H3;3-6,8-9,11-12,24-25H,1,7,10,13-14,16-22H2,2H3;3-4,6-8,10,15,23-24H,1,5,9,11-12,14,16-21H2,2H3/t24?,25-;24-,25+;23-,24-/m100/s1. The van der Waals surface area contributed by atoms with Crippen molar-refractivity contribution in [2.45, 2.75) is 120 Å². The molecule has 29 heteroatoms. The van der Waals surface area contributed by atoms with Crippen LogP contribution in [0.4, 0.5) is 34.6 Å². The molecule has 6 fully saturated rings. The molecule has 1 unspecified atom stereocenters. The smallest absolute Gasteiger partial charge is 0.318 e. The lowest BCUT2D eigenvalue weighted by Gasteiger charge is -2.42. The van der Waals surface area contributed by atoms with Crippen molar-refractivity contribution in [3.8, 4) is 36.2 Å². The van der Waals surface area contributed by atoms with E-state index in [-0.39, 0.29) is 61.2 Å². The molecule has 14 heterocycles. The van der Waals surface area contributed by atoms with Crippen LogP contribution in [0, 0.1) is 34.0 Å². The molecule has 29 nitrogen and oxygen atoms in total. The normalized spacial score (nSPS) is 21.2. The van der Waals surface area contributed by atoms with Gasteiger partial charge in [0.2, 0.25) is 17.7 Å². The average molecular weight is 1660 g/mol. The van der Waals surface area contributed by atoms with Gasteiger partial charge in [0.05, 0.1) is 98.9 Å². The molecule has 18 rings (SSSR count). The van der Waals surface area contributed by atoms with Crippen LogP contribution in [0.5, 0.6) is 18.0 Å². The molecule has 9 aliphatic heterocycles. The number of ether oxygens (including phenoxy) is 4. The number of pyridine rings is 1. The van der Waals surface area contributed by atoms with Gasteiger partial charge in [0.15, 0.2) is 0 Å². The third kappa shape index (κ3) is 18.8. The van der Waals surface area contributed by atoms with Crippen LogP contribution in [0.3, 0.4) is 0 Å². The fourth-order valence-corrected chi connectivity index (χ4v) is 19.1. The number of likely N-dealkylation sites (tertiary alicyclic amines) is 2. The predicted molar refractivity (Wildman–Crippen MR) is 475 cm³/mol. The molecule has 6 saturated heterocycles. The molecule has 0 spiro atoms. The first-order valence-corrected chi connectivity index (χ1v) is 43.3. The lowest BCUT2D eigenvalue weighted by atomic mass is 10.0. The van der Waals surface area contributed by atoms with E-state index in [1.807, 2.05) is 0 Å². The Morgan fingerprint density at radius 2 is 0.846 bits per heavy atom. The van der Waals surface area contributed by atoms with Crippen LogP contribution in [0.25, 0.3) is 27.1 Å². The minimum Gasteiger partial charge on any atom is -0.462 e. The van der Waals surface area contributed by atoms with Crippen LogP contribution in [0.2, 0.25) is 0 Å². The number of hydrogen-bond acceptors (Lipinski definition) is 25. The van der Waals surface area contributed by atoms with Gasteiger partial charge in [-0.3, -0.25) is 14.4 Å². The Hall–Kier alpha value is -12.5. The number of nitrogens with zero attached hydrogens (tertiary/aromatic N) is 22. The lowest BCUT2D eigenvalue weighted by molar-refractivity contribution is -0.129. The highest BCUT2D eigenvalue weighted by atomic mass is 16.5. The summed E-state index contributed by atoms with van der Waals surface area (Å²) in [6, 6.07) is 48.3. The summed E-state index contributed by atoms with van der Waals surface area (Å²) in [6.45, 7) is 26.4. The van der Waals surface area contributed by atoms with Gasteiger partial charge in [-0.2, -0.15) is 45.7 Å². The molecule has 0 radical (unpaired) electrons. The van der Waals surface area contributed by atoms with E-state index in [0.717, 1.165) is 140 Å². The van der Waals surface area contributed by atoms with Gasteiger partial charge in [0.1, 0.15) is 49.2 Å². The number of amides is 3. The van der Waals surface area contributed by atoms with Gasteiger partial charge < -0.3 is 82.1 Å². The summed E-state index contributed by atoms with van der Waals surface area (Å²) < 4.78 is 26.9. The maximum absolute atomic E-state index is 12.5. The average Bonchev–Trinajstić information content (AvgIpc) is 1.76. The van der Waals surface area contributed by atoms with Crippen molar-refractivity contribution < 1.29 is 33.3 Å². The summed E-state index contributed by atoms with van der Waals surface area (Å²) >= 11 is 0. The summed E-state index contributed by atoms with van der Waals surface area (Å²) in [6.07, 6.45) is 13.7. The summed E-state index contributed by atoms with van der Waals surface area (Å²) in [4.78, 5) is 93.2. The van der Waals surface area contributed by atoms with E-state index in [0.29, 0.717) is 135 Å². The first kappa shape index (κ1) is 84.2. The molecule has 123 heavy (non-hydrogen) atoms. The number of aromatic nitrogens is 7. The maximum Gasteiger partial charge on any atom is 0.318 e. The molecule has 0 bridgehead atoms. The van der Waals surface area contributed by atoms with Crippen LogP contribution in [-0.4, -0.2) is 270 Å². The molecule has 0 aliphatic carbocycles. The quantitative estimate of drug-likeness (QED) is 0.0605. The molecule has 0 N–H and O–H groups in total. The van der Waals surface area contributed by atoms with Gasteiger partial charge >= 0.3 is 18.0 Å². The van der Waals surface area contributed by atoms with Gasteiger partial charge in [0.25, 0.3) is 0 Å². The van der Waals surface area contributed by atoms with Gasteiger partial charge in [0, 0.05) is 154 Å². The zero-order valence-electron chi connectivity index (χ0n) is 70.9. The Kier molecular flexibility index (Phi) is 26.5. The Morgan fingerprint density at radius 1 is 0.439 bits per heavy atom. The zero-order chi connectivity index (χ0) is 85.0. The number of rotatable bonds is 21. The molecule has 9 aromatic rings. The molecule has 9 aliphatic rings. The largest absolute Gasteiger partial charge is 0.462 e. The number of piperazine rings is 3. The number of hydrogen-bond donors (Lipinski definition) is 0. The van der Waals surface area contributed by atoms with E-state index in [1.165, 1.54) is 64.0 Å². The van der Waals surface area contributed by atoms with E-state index in [1.54, 1.807) is 14.7 Å². The molecule has 0 saturated carbocycles. The number of benzene rings is 4. The highest BCUT2D eigenvalue weighted by Crippen LogP contribution is 2.40. The van der Waals surface area contributed by atoms with Gasteiger partial charge in [-0.1, -0.05) is 98.6 Å². The molecule has 638 valence electrons. The molecule has 4 aromatic carbocycles. The first-order valence-electron chi connectivity index (χ1n) is 43.3. The third-order valence-corrected chi connectivity index (χ3v) is 25.7. The molecular formula is C94H110N22O7. The van der Waals surface area contributed by atoms with Crippen LogP contribution in [0.1, 0.15) is 78.7 Å². The van der Waals surface area contributed by atoms with Crippen molar-refractivity contribution in [1.29, 1.82) is 15.8 Å². The lowest BCUT2D eigenvalue weighted by Crippen LogP contribution is -2.55. The number of fused-ring (bicyclic) bond motifs is 6. The van der Waals surface area contributed by atoms with Crippen molar-refractivity contribution in [3.63, 3.8) is 0 Å². The molecule has 5 aromatic heterocycles. The second-order valence-electron chi connectivity index (χ2n) is 33.3. The molecular weight excluding hydrogens is 1550 g/mol. The minimum absolute atomic E-state index is 0.0486. The number of carbonyl (C=O) groups excluding carboxylic acids is 3. The topological polar surface area (TPSA) is 280 Å². The van der Waals surface area contributed by atoms with Crippen molar-refractivity contribution in [2.75, 3.05) is 182 Å². The van der Waals surface area contributed by atoms with E-state index in [2.05, 4.69) is 229 Å². The monoisotopic (exact) mass is 1660 g/mol. The van der Waals surface area contributed by atoms with Crippen molar-refractivity contribution >= 4 is 79.4 Å². The van der Waals surface area contributed by atoms with Crippen molar-refractivity contribution in [1.82, 2.24) is 63.7 Å². The summed E-state index contributed by atoms with van der Waals surface area (Å²) in [7, 11) is 6.36. The number of morpholine rings is 1. The number of nitriles is 3. The highest BCUT2D eigenvalue weighted by Gasteiger charge is 2.39. The fraction of sp³-hybridized carbons (Fsp3) is 0.447. The Morgan fingerprint density at radius 3 is 1.27 bits per heavy atom. The van der Waals surface area contributed by atoms with Gasteiger partial charge in [-0.05, 0) is 145 Å². The van der Waals surface area contributed by atoms with Crippen LogP contribution in [0.15, 0.2) is 159 Å². The summed E-state index contributed by atoms with van der Waals surface area (Å²) in [5, 5.41) is 33.4. The molecule has 3 amide bonds. The number of anilines is 6. The van der Waals surface area contributed by atoms with E-state index in [4.69, 9.17) is 48.9 Å². The van der Waals surface area contributed by atoms with Crippen molar-refractivity contribution in [2.24, 2.45) is 0 Å². The van der Waals surface area contributed by atoms with Crippen LogP contribution in [-0.2, 0) is 58.0 Å². The van der Waals surface area contributed by atoms with E-state index in [9.17, 15) is 30.2 Å². The predicted octanol–water partition coefficient (Wildman–Crippen LogP) is 9.68. The number of likely N-dealkylation sites (N-methyl/N-ethyl adjacent to an activating group) is 3.